The van der Waals surface area contributed by atoms with Gasteiger partial charge in [-0.1, -0.05) is 6.92 Å². The standard InChI is InChI=1S/C13H24N2O4S/c1-9(8-12(17)18)7-11(16)14-13(19)15(3)10(2)5-6-20-4/h9-10H,5-8H2,1-4H3,(H,17,18)(H,14,16,19). The zero-order valence-electron chi connectivity index (χ0n) is 12.5. The first-order chi connectivity index (χ1) is 9.27. The molecule has 0 heterocycles. The van der Waals surface area contributed by atoms with E-state index in [1.165, 1.54) is 4.90 Å². The van der Waals surface area contributed by atoms with Crippen molar-refractivity contribution in [3.05, 3.63) is 0 Å². The highest BCUT2D eigenvalue weighted by Crippen LogP contribution is 2.08. The summed E-state index contributed by atoms with van der Waals surface area (Å²) in [6, 6.07) is -0.391. The first-order valence-corrected chi connectivity index (χ1v) is 7.94. The van der Waals surface area contributed by atoms with Crippen LogP contribution in [0.1, 0.15) is 33.1 Å². The molecule has 20 heavy (non-hydrogen) atoms. The lowest BCUT2D eigenvalue weighted by Crippen LogP contribution is -2.45. The molecular weight excluding hydrogens is 280 g/mol. The Kier molecular flexibility index (Phi) is 9.03. The number of carboxylic acid groups (broad SMARTS) is 1. The molecule has 0 saturated carbocycles. The molecule has 0 rings (SSSR count). The molecule has 0 fully saturated rings. The van der Waals surface area contributed by atoms with Crippen LogP contribution in [0.5, 0.6) is 0 Å². The fourth-order valence-electron chi connectivity index (χ4n) is 1.63. The van der Waals surface area contributed by atoms with Gasteiger partial charge in [-0.2, -0.15) is 11.8 Å². The van der Waals surface area contributed by atoms with Crippen molar-refractivity contribution < 1.29 is 19.5 Å². The van der Waals surface area contributed by atoms with Gasteiger partial charge in [0, 0.05) is 25.9 Å². The largest absolute Gasteiger partial charge is 0.481 e. The summed E-state index contributed by atoms with van der Waals surface area (Å²) in [5.74, 6) is -0.728. The number of urea groups is 1. The molecule has 116 valence electrons. The number of aliphatic carboxylic acids is 1. The van der Waals surface area contributed by atoms with E-state index in [2.05, 4.69) is 5.32 Å². The van der Waals surface area contributed by atoms with E-state index in [-0.39, 0.29) is 24.8 Å². The van der Waals surface area contributed by atoms with Crippen molar-refractivity contribution in [3.8, 4) is 0 Å². The molecule has 0 aromatic rings. The molecule has 0 aliphatic carbocycles. The highest BCUT2D eigenvalue weighted by Gasteiger charge is 2.19. The van der Waals surface area contributed by atoms with Crippen LogP contribution in [0.2, 0.25) is 0 Å². The van der Waals surface area contributed by atoms with Crippen molar-refractivity contribution in [2.75, 3.05) is 19.1 Å². The van der Waals surface area contributed by atoms with Gasteiger partial charge in [0.2, 0.25) is 5.91 Å². The smallest absolute Gasteiger partial charge is 0.324 e. The molecule has 6 nitrogen and oxygen atoms in total. The zero-order valence-corrected chi connectivity index (χ0v) is 13.3. The molecule has 0 aromatic carbocycles. The van der Waals surface area contributed by atoms with Crippen LogP contribution in [-0.2, 0) is 9.59 Å². The highest BCUT2D eigenvalue weighted by molar-refractivity contribution is 7.98. The van der Waals surface area contributed by atoms with Crippen molar-refractivity contribution >= 4 is 29.7 Å². The zero-order chi connectivity index (χ0) is 15.7. The molecule has 0 bridgehead atoms. The van der Waals surface area contributed by atoms with Crippen molar-refractivity contribution in [1.82, 2.24) is 10.2 Å². The van der Waals surface area contributed by atoms with Crippen LogP contribution in [0.15, 0.2) is 0 Å². The SMILES string of the molecule is CSCCC(C)N(C)C(=O)NC(=O)CC(C)CC(=O)O. The van der Waals surface area contributed by atoms with Gasteiger partial charge in [0.1, 0.15) is 0 Å². The average Bonchev–Trinajstić information content (AvgIpc) is 2.33. The Balaban J connectivity index is 4.17. The lowest BCUT2D eigenvalue weighted by Gasteiger charge is -2.24. The van der Waals surface area contributed by atoms with Crippen LogP contribution in [-0.4, -0.2) is 53.0 Å². The topological polar surface area (TPSA) is 86.7 Å². The summed E-state index contributed by atoms with van der Waals surface area (Å²) in [7, 11) is 1.65. The molecule has 0 aliphatic rings. The minimum Gasteiger partial charge on any atom is -0.481 e. The van der Waals surface area contributed by atoms with Gasteiger partial charge in [-0.15, -0.1) is 0 Å². The van der Waals surface area contributed by atoms with E-state index >= 15 is 0 Å². The molecule has 2 unspecified atom stereocenters. The first-order valence-electron chi connectivity index (χ1n) is 6.55. The third-order valence-corrected chi connectivity index (χ3v) is 3.67. The Bertz CT molecular complexity index is 349. The van der Waals surface area contributed by atoms with Gasteiger partial charge in [0.05, 0.1) is 0 Å². The summed E-state index contributed by atoms with van der Waals surface area (Å²) in [6.07, 6.45) is 2.81. The van der Waals surface area contributed by atoms with Crippen molar-refractivity contribution in [3.63, 3.8) is 0 Å². The molecule has 0 spiro atoms. The van der Waals surface area contributed by atoms with E-state index < -0.39 is 17.9 Å². The minimum atomic E-state index is -0.945. The van der Waals surface area contributed by atoms with Crippen LogP contribution in [0.25, 0.3) is 0 Å². The van der Waals surface area contributed by atoms with Crippen LogP contribution in [0.3, 0.4) is 0 Å². The lowest BCUT2D eigenvalue weighted by molar-refractivity contribution is -0.138. The van der Waals surface area contributed by atoms with E-state index in [1.807, 2.05) is 13.2 Å². The summed E-state index contributed by atoms with van der Waals surface area (Å²) in [5, 5.41) is 10.9. The van der Waals surface area contributed by atoms with Crippen molar-refractivity contribution in [1.29, 1.82) is 0 Å². The summed E-state index contributed by atoms with van der Waals surface area (Å²) in [6.45, 7) is 3.59. The summed E-state index contributed by atoms with van der Waals surface area (Å²) >= 11 is 1.71. The quantitative estimate of drug-likeness (QED) is 0.714. The number of nitrogens with one attached hydrogen (secondary N) is 1. The number of carboxylic acids is 1. The molecule has 0 aromatic heterocycles. The Morgan fingerprint density at radius 2 is 1.85 bits per heavy atom. The van der Waals surface area contributed by atoms with E-state index in [9.17, 15) is 14.4 Å². The first kappa shape index (κ1) is 18.8. The maximum Gasteiger partial charge on any atom is 0.324 e. The van der Waals surface area contributed by atoms with Crippen LogP contribution in [0, 0.1) is 5.92 Å². The number of imide groups is 1. The Morgan fingerprint density at radius 1 is 1.25 bits per heavy atom. The van der Waals surface area contributed by atoms with Gasteiger partial charge >= 0.3 is 12.0 Å². The van der Waals surface area contributed by atoms with Gasteiger partial charge in [-0.3, -0.25) is 14.9 Å². The van der Waals surface area contributed by atoms with Gasteiger partial charge < -0.3 is 10.0 Å². The second-order valence-electron chi connectivity index (χ2n) is 5.00. The summed E-state index contributed by atoms with van der Waals surface area (Å²) < 4.78 is 0. The summed E-state index contributed by atoms with van der Waals surface area (Å²) in [4.78, 5) is 35.5. The van der Waals surface area contributed by atoms with E-state index in [1.54, 1.807) is 25.7 Å². The van der Waals surface area contributed by atoms with E-state index in [4.69, 9.17) is 5.11 Å². The second kappa shape index (κ2) is 9.63. The molecule has 0 radical (unpaired) electrons. The molecule has 7 heteroatoms. The van der Waals surface area contributed by atoms with Gasteiger partial charge in [0.25, 0.3) is 0 Å². The third-order valence-electron chi connectivity index (χ3n) is 3.02. The van der Waals surface area contributed by atoms with Gasteiger partial charge in [0.15, 0.2) is 0 Å². The Hall–Kier alpha value is -1.24. The van der Waals surface area contributed by atoms with E-state index in [0.29, 0.717) is 0 Å². The Labute approximate surface area is 124 Å². The van der Waals surface area contributed by atoms with Crippen molar-refractivity contribution in [2.24, 2.45) is 5.92 Å². The summed E-state index contributed by atoms with van der Waals surface area (Å²) in [5.41, 5.74) is 0. The predicted octanol–water partition coefficient (Wildman–Crippen LogP) is 1.80. The van der Waals surface area contributed by atoms with Gasteiger partial charge in [-0.25, -0.2) is 4.79 Å². The molecule has 2 atom stereocenters. The number of amides is 3. The van der Waals surface area contributed by atoms with Crippen molar-refractivity contribution in [2.45, 2.75) is 39.2 Å². The number of hydrogen-bond donors (Lipinski definition) is 2. The lowest BCUT2D eigenvalue weighted by atomic mass is 10.0. The van der Waals surface area contributed by atoms with Crippen LogP contribution in [0.4, 0.5) is 4.79 Å². The fraction of sp³-hybridized carbons (Fsp3) is 0.769. The maximum absolute atomic E-state index is 11.8. The minimum absolute atomic E-state index is 0.0328. The van der Waals surface area contributed by atoms with Gasteiger partial charge in [-0.05, 0) is 31.3 Å². The molecular formula is C13H24N2O4S. The number of rotatable bonds is 8. The number of carbonyl (C=O) groups is 3. The average molecular weight is 304 g/mol. The van der Waals surface area contributed by atoms with E-state index in [0.717, 1.165) is 12.2 Å². The number of nitrogens with zero attached hydrogens (tertiary/aromatic N) is 1. The molecule has 0 saturated heterocycles. The fourth-order valence-corrected chi connectivity index (χ4v) is 2.20. The molecule has 3 amide bonds. The molecule has 0 aliphatic heterocycles. The van der Waals surface area contributed by atoms with Crippen LogP contribution >= 0.6 is 11.8 Å². The Morgan fingerprint density at radius 3 is 2.35 bits per heavy atom. The number of carbonyl (C=O) groups excluding carboxylic acids is 2. The monoisotopic (exact) mass is 304 g/mol. The predicted molar refractivity (Wildman–Crippen MR) is 79.8 cm³/mol. The number of thioether (sulfide) groups is 1. The van der Waals surface area contributed by atoms with Crippen LogP contribution < -0.4 is 5.32 Å². The number of hydrogen-bond acceptors (Lipinski definition) is 4. The third kappa shape index (κ3) is 8.04. The molecule has 2 N–H and O–H groups in total. The maximum atomic E-state index is 11.8. The second-order valence-corrected chi connectivity index (χ2v) is 5.99. The normalized spacial score (nSPS) is 13.4. The highest BCUT2D eigenvalue weighted by atomic mass is 32.2.